The number of aromatic nitrogens is 2. The molecule has 1 amide bonds. The SMILES string of the molecule is CC1CCc2[nH]c3c(C(=O)Nc4ccc(N(C)C)nc4)cccc3c2C1. The first-order valence-electron chi connectivity index (χ1n) is 9.10. The van der Waals surface area contributed by atoms with Crippen LogP contribution in [-0.2, 0) is 12.8 Å². The number of rotatable bonds is 3. The normalized spacial score (nSPS) is 16.3. The van der Waals surface area contributed by atoms with Crippen molar-refractivity contribution in [2.24, 2.45) is 5.92 Å². The van der Waals surface area contributed by atoms with Crippen molar-refractivity contribution in [3.8, 4) is 0 Å². The Bertz CT molecular complexity index is 956. The Kier molecular flexibility index (Phi) is 4.15. The molecule has 1 aromatic carbocycles. The molecule has 0 fully saturated rings. The van der Waals surface area contributed by atoms with E-state index >= 15 is 0 Å². The van der Waals surface area contributed by atoms with Crippen LogP contribution in [-0.4, -0.2) is 30.0 Å². The Morgan fingerprint density at radius 1 is 1.27 bits per heavy atom. The Morgan fingerprint density at radius 3 is 2.85 bits per heavy atom. The number of carbonyl (C=O) groups is 1. The van der Waals surface area contributed by atoms with Crippen LogP contribution in [0.25, 0.3) is 10.9 Å². The number of carbonyl (C=O) groups excluding carboxylic acids is 1. The number of benzene rings is 1. The average molecular weight is 348 g/mol. The third-order valence-electron chi connectivity index (χ3n) is 5.18. The Hall–Kier alpha value is -2.82. The summed E-state index contributed by atoms with van der Waals surface area (Å²) in [7, 11) is 3.88. The van der Waals surface area contributed by atoms with Crippen LogP contribution in [0.4, 0.5) is 11.5 Å². The molecule has 5 heteroatoms. The summed E-state index contributed by atoms with van der Waals surface area (Å²) in [6, 6.07) is 9.74. The molecule has 4 rings (SSSR count). The van der Waals surface area contributed by atoms with Crippen molar-refractivity contribution in [1.82, 2.24) is 9.97 Å². The lowest BCUT2D eigenvalue weighted by molar-refractivity contribution is 0.102. The summed E-state index contributed by atoms with van der Waals surface area (Å²) in [4.78, 5) is 22.6. The maximum absolute atomic E-state index is 12.9. The molecule has 2 aromatic heterocycles. The monoisotopic (exact) mass is 348 g/mol. The van der Waals surface area contributed by atoms with E-state index in [2.05, 4.69) is 28.3 Å². The largest absolute Gasteiger partial charge is 0.363 e. The zero-order valence-corrected chi connectivity index (χ0v) is 15.5. The maximum Gasteiger partial charge on any atom is 0.257 e. The van der Waals surface area contributed by atoms with E-state index in [9.17, 15) is 4.79 Å². The molecule has 0 aliphatic heterocycles. The summed E-state index contributed by atoms with van der Waals surface area (Å²) in [5.41, 5.74) is 4.99. The Balaban J connectivity index is 1.65. The highest BCUT2D eigenvalue weighted by atomic mass is 16.1. The average Bonchev–Trinajstić information content (AvgIpc) is 3.00. The Morgan fingerprint density at radius 2 is 2.12 bits per heavy atom. The number of fused-ring (bicyclic) bond motifs is 3. The topological polar surface area (TPSA) is 61.0 Å². The number of pyridine rings is 1. The minimum Gasteiger partial charge on any atom is -0.363 e. The highest BCUT2D eigenvalue weighted by molar-refractivity contribution is 6.12. The number of aromatic amines is 1. The number of anilines is 2. The third-order valence-corrected chi connectivity index (χ3v) is 5.18. The summed E-state index contributed by atoms with van der Waals surface area (Å²) >= 11 is 0. The predicted molar refractivity (Wildman–Crippen MR) is 106 cm³/mol. The molecule has 1 aliphatic rings. The first-order valence-corrected chi connectivity index (χ1v) is 9.10. The second-order valence-electron chi connectivity index (χ2n) is 7.41. The fourth-order valence-electron chi connectivity index (χ4n) is 3.73. The van der Waals surface area contributed by atoms with Gasteiger partial charge in [0, 0.05) is 25.2 Å². The van der Waals surface area contributed by atoms with Gasteiger partial charge in [-0.1, -0.05) is 19.1 Å². The number of para-hydroxylation sites is 1. The Labute approximate surface area is 153 Å². The van der Waals surface area contributed by atoms with E-state index in [1.165, 1.54) is 23.1 Å². The molecule has 1 atom stereocenters. The van der Waals surface area contributed by atoms with Crippen LogP contribution in [0.5, 0.6) is 0 Å². The van der Waals surface area contributed by atoms with Crippen LogP contribution in [0, 0.1) is 5.92 Å². The molecular weight excluding hydrogens is 324 g/mol. The predicted octanol–water partition coefficient (Wildman–Crippen LogP) is 4.01. The smallest absolute Gasteiger partial charge is 0.257 e. The van der Waals surface area contributed by atoms with Crippen LogP contribution in [0.15, 0.2) is 36.5 Å². The van der Waals surface area contributed by atoms with Crippen LogP contribution in [0.1, 0.15) is 35.0 Å². The molecule has 0 saturated carbocycles. The van der Waals surface area contributed by atoms with Crippen molar-refractivity contribution in [2.75, 3.05) is 24.3 Å². The van der Waals surface area contributed by atoms with Gasteiger partial charge in [0.2, 0.25) is 0 Å². The molecule has 0 radical (unpaired) electrons. The fourth-order valence-corrected chi connectivity index (χ4v) is 3.73. The van der Waals surface area contributed by atoms with Crippen LogP contribution in [0.3, 0.4) is 0 Å². The number of aryl methyl sites for hydroxylation is 1. The number of amides is 1. The van der Waals surface area contributed by atoms with Crippen molar-refractivity contribution < 1.29 is 4.79 Å². The highest BCUT2D eigenvalue weighted by Crippen LogP contribution is 2.33. The number of H-pyrrole nitrogens is 1. The zero-order valence-electron chi connectivity index (χ0n) is 15.5. The van der Waals surface area contributed by atoms with Gasteiger partial charge in [-0.2, -0.15) is 0 Å². The van der Waals surface area contributed by atoms with E-state index in [1.807, 2.05) is 43.3 Å². The summed E-state index contributed by atoms with van der Waals surface area (Å²) in [6.45, 7) is 2.29. The second kappa shape index (κ2) is 6.48. The van der Waals surface area contributed by atoms with Gasteiger partial charge in [0.05, 0.1) is 23.0 Å². The lowest BCUT2D eigenvalue weighted by atomic mass is 9.87. The van der Waals surface area contributed by atoms with E-state index in [0.717, 1.165) is 24.2 Å². The molecule has 26 heavy (non-hydrogen) atoms. The van der Waals surface area contributed by atoms with Gasteiger partial charge in [-0.3, -0.25) is 4.79 Å². The van der Waals surface area contributed by atoms with Gasteiger partial charge in [0.15, 0.2) is 0 Å². The number of nitrogens with zero attached hydrogens (tertiary/aromatic N) is 2. The van der Waals surface area contributed by atoms with Crippen molar-refractivity contribution in [1.29, 1.82) is 0 Å². The summed E-state index contributed by atoms with van der Waals surface area (Å²) < 4.78 is 0. The van der Waals surface area contributed by atoms with Gasteiger partial charge >= 0.3 is 0 Å². The van der Waals surface area contributed by atoms with Crippen molar-refractivity contribution in [2.45, 2.75) is 26.2 Å². The maximum atomic E-state index is 12.9. The first-order chi connectivity index (χ1) is 12.5. The van der Waals surface area contributed by atoms with Crippen molar-refractivity contribution in [3.63, 3.8) is 0 Å². The number of nitrogens with one attached hydrogen (secondary N) is 2. The van der Waals surface area contributed by atoms with Crippen LogP contribution < -0.4 is 10.2 Å². The van der Waals surface area contributed by atoms with Gasteiger partial charge < -0.3 is 15.2 Å². The molecule has 0 saturated heterocycles. The first kappa shape index (κ1) is 16.6. The number of hydrogen-bond acceptors (Lipinski definition) is 3. The summed E-state index contributed by atoms with van der Waals surface area (Å²) in [6.07, 6.45) is 5.03. The third kappa shape index (κ3) is 2.94. The lowest BCUT2D eigenvalue weighted by Gasteiger charge is -2.17. The summed E-state index contributed by atoms with van der Waals surface area (Å²) in [5.74, 6) is 1.44. The molecule has 0 spiro atoms. The van der Waals surface area contributed by atoms with E-state index < -0.39 is 0 Å². The minimum absolute atomic E-state index is 0.110. The summed E-state index contributed by atoms with van der Waals surface area (Å²) in [5, 5.41) is 4.15. The quantitative estimate of drug-likeness (QED) is 0.752. The lowest BCUT2D eigenvalue weighted by Crippen LogP contribution is -2.14. The molecule has 2 heterocycles. The second-order valence-corrected chi connectivity index (χ2v) is 7.41. The molecule has 0 bridgehead atoms. The number of hydrogen-bond donors (Lipinski definition) is 2. The van der Waals surface area contributed by atoms with Gasteiger partial charge in [-0.15, -0.1) is 0 Å². The van der Waals surface area contributed by atoms with E-state index in [1.54, 1.807) is 6.20 Å². The van der Waals surface area contributed by atoms with E-state index in [4.69, 9.17) is 0 Å². The molecule has 3 aromatic rings. The van der Waals surface area contributed by atoms with Gasteiger partial charge in [-0.05, 0) is 48.9 Å². The van der Waals surface area contributed by atoms with Crippen molar-refractivity contribution in [3.05, 3.63) is 53.3 Å². The molecular formula is C21H24N4O. The van der Waals surface area contributed by atoms with Crippen LogP contribution in [0.2, 0.25) is 0 Å². The molecule has 134 valence electrons. The molecule has 1 unspecified atom stereocenters. The molecule has 5 nitrogen and oxygen atoms in total. The molecule has 2 N–H and O–H groups in total. The van der Waals surface area contributed by atoms with Gasteiger partial charge in [-0.25, -0.2) is 4.98 Å². The van der Waals surface area contributed by atoms with E-state index in [-0.39, 0.29) is 5.91 Å². The van der Waals surface area contributed by atoms with Gasteiger partial charge in [0.1, 0.15) is 5.82 Å². The standard InChI is InChI=1S/C21H24N4O/c1-13-7-9-18-17(11-13)15-5-4-6-16(20(15)24-18)21(26)23-14-8-10-19(22-12-14)25(2)3/h4-6,8,10,12-13,24H,7,9,11H2,1-3H3,(H,23,26). The zero-order chi connectivity index (χ0) is 18.3. The van der Waals surface area contributed by atoms with E-state index in [0.29, 0.717) is 17.2 Å². The highest BCUT2D eigenvalue weighted by Gasteiger charge is 2.22. The van der Waals surface area contributed by atoms with Gasteiger partial charge in [0.25, 0.3) is 5.91 Å². The van der Waals surface area contributed by atoms with Crippen molar-refractivity contribution >= 4 is 28.3 Å². The molecule has 1 aliphatic carbocycles. The fraction of sp³-hybridized carbons (Fsp3) is 0.333. The minimum atomic E-state index is -0.110. The van der Waals surface area contributed by atoms with Crippen LogP contribution >= 0.6 is 0 Å².